The van der Waals surface area contributed by atoms with Crippen molar-refractivity contribution >= 4 is 22.7 Å². The van der Waals surface area contributed by atoms with Gasteiger partial charge in [-0.1, -0.05) is 56.0 Å². The van der Waals surface area contributed by atoms with Crippen molar-refractivity contribution in [2.45, 2.75) is 38.7 Å². The summed E-state index contributed by atoms with van der Waals surface area (Å²) in [6.45, 7) is 8.10. The zero-order chi connectivity index (χ0) is 28.7. The van der Waals surface area contributed by atoms with Gasteiger partial charge in [0.2, 0.25) is 0 Å². The van der Waals surface area contributed by atoms with Gasteiger partial charge in [-0.25, -0.2) is 0 Å². The maximum Gasteiger partial charge on any atom is 0.154 e. The maximum absolute atomic E-state index is 12.6. The molecule has 1 aliphatic rings. The molecule has 0 saturated carbocycles. The van der Waals surface area contributed by atoms with Gasteiger partial charge in [-0.2, -0.15) is 4.48 Å². The Bertz CT molecular complexity index is 1500. The third-order valence-corrected chi connectivity index (χ3v) is 7.59. The lowest BCUT2D eigenvalue weighted by Gasteiger charge is -2.38. The van der Waals surface area contributed by atoms with Crippen LogP contribution in [0.2, 0.25) is 0 Å². The molecule has 5 nitrogen and oxygen atoms in total. The number of rotatable bonds is 11. The van der Waals surface area contributed by atoms with E-state index in [0.29, 0.717) is 21.1 Å². The number of para-hydroxylation sites is 2. The van der Waals surface area contributed by atoms with Crippen molar-refractivity contribution in [3.05, 3.63) is 151 Å². The molecule has 2 atom stereocenters. The highest BCUT2D eigenvalue weighted by atomic mass is 16.9. The van der Waals surface area contributed by atoms with E-state index in [2.05, 4.69) is 68.1 Å². The maximum atomic E-state index is 12.6. The average Bonchev–Trinajstić information content (AvgIpc) is 3.04. The molecule has 0 heterocycles. The summed E-state index contributed by atoms with van der Waals surface area (Å²) in [7, 11) is 0. The van der Waals surface area contributed by atoms with E-state index in [-0.39, 0.29) is 0 Å². The van der Waals surface area contributed by atoms with E-state index in [9.17, 15) is 5.21 Å². The molecular weight excluding hydrogens is 508 g/mol. The predicted octanol–water partition coefficient (Wildman–Crippen LogP) is 9.92. The molecule has 5 rings (SSSR count). The van der Waals surface area contributed by atoms with Gasteiger partial charge >= 0.3 is 0 Å². The molecule has 0 radical (unpaired) electrons. The minimum atomic E-state index is -0.438. The molecule has 0 spiro atoms. The highest BCUT2D eigenvalue weighted by Crippen LogP contribution is 2.49. The van der Waals surface area contributed by atoms with E-state index in [1.807, 2.05) is 61.5 Å². The van der Waals surface area contributed by atoms with Crippen molar-refractivity contribution in [1.29, 1.82) is 0 Å². The lowest BCUT2D eigenvalue weighted by molar-refractivity contribution is 0.136. The Hall–Kier alpha value is -4.58. The molecule has 0 bridgehead atoms. The average molecular weight is 545 g/mol. The van der Waals surface area contributed by atoms with Crippen molar-refractivity contribution in [3.8, 4) is 11.5 Å². The summed E-state index contributed by atoms with van der Waals surface area (Å²) < 4.78 is 6.67. The van der Waals surface area contributed by atoms with Crippen molar-refractivity contribution in [3.63, 3.8) is 0 Å². The zero-order valence-electron chi connectivity index (χ0n) is 23.6. The lowest BCUT2D eigenvalue weighted by atomic mass is 10.0. The van der Waals surface area contributed by atoms with Gasteiger partial charge < -0.3 is 14.8 Å². The largest absolute Gasteiger partial charge is 0.724 e. The zero-order valence-corrected chi connectivity index (χ0v) is 23.6. The van der Waals surface area contributed by atoms with Crippen LogP contribution in [0.3, 0.4) is 0 Å². The number of quaternary nitrogens is 1. The SMILES string of the molecule is C=CC(C)(CC)Oc1ccc([N+](C2=CCCC=C2)(c2ccccc2)c2ccc(ON([O-])c3ccccc3)cc2)cc1. The summed E-state index contributed by atoms with van der Waals surface area (Å²) in [6, 6.07) is 35.4. The van der Waals surface area contributed by atoms with Crippen LogP contribution in [0.1, 0.15) is 33.1 Å². The number of nitrogens with zero attached hydrogens (tertiary/aromatic N) is 2. The Morgan fingerprint density at radius 2 is 1.37 bits per heavy atom. The second kappa shape index (κ2) is 12.3. The van der Waals surface area contributed by atoms with Crippen LogP contribution in [0.25, 0.3) is 0 Å². The van der Waals surface area contributed by atoms with Crippen molar-refractivity contribution in [2.24, 2.45) is 0 Å². The fraction of sp³-hybridized carbons (Fsp3) is 0.167. The van der Waals surface area contributed by atoms with Gasteiger partial charge in [-0.15, -0.1) is 0 Å². The summed E-state index contributed by atoms with van der Waals surface area (Å²) in [5.74, 6) is 1.25. The minimum absolute atomic E-state index is 0.365. The van der Waals surface area contributed by atoms with Gasteiger partial charge in [0.05, 0.1) is 5.69 Å². The van der Waals surface area contributed by atoms with E-state index >= 15 is 0 Å². The predicted molar refractivity (Wildman–Crippen MR) is 169 cm³/mol. The molecule has 0 aliphatic heterocycles. The van der Waals surface area contributed by atoms with Gasteiger partial charge in [0.1, 0.15) is 34.1 Å². The van der Waals surface area contributed by atoms with Crippen LogP contribution in [0.4, 0.5) is 22.7 Å². The standard InChI is InChI=1S/C36H36N2O3/c1-4-36(3,5-2)40-34-25-21-32(22-26-34)38(30-17-11-7-12-18-30,31-19-13-8-14-20-31)33-23-27-35(28-24-33)41-37(39)29-15-9-6-10-16-29/h4,6-7,9-13,15-28H,1,5,8,14H2,2-3H3. The van der Waals surface area contributed by atoms with Crippen LogP contribution >= 0.6 is 0 Å². The van der Waals surface area contributed by atoms with Crippen LogP contribution < -0.4 is 19.3 Å². The first-order valence-corrected chi connectivity index (χ1v) is 14.0. The molecule has 0 amide bonds. The van der Waals surface area contributed by atoms with Crippen molar-refractivity contribution < 1.29 is 9.57 Å². The Kier molecular flexibility index (Phi) is 8.39. The third kappa shape index (κ3) is 5.82. The van der Waals surface area contributed by atoms with Crippen LogP contribution in [0.15, 0.2) is 146 Å². The molecule has 5 heteroatoms. The Labute approximate surface area is 243 Å². The highest BCUT2D eigenvalue weighted by molar-refractivity contribution is 5.77. The number of allylic oxidation sites excluding steroid dienone is 3. The summed E-state index contributed by atoms with van der Waals surface area (Å²) in [6.07, 6.45) is 11.4. The van der Waals surface area contributed by atoms with Gasteiger partial charge in [-0.3, -0.25) is 5.23 Å². The van der Waals surface area contributed by atoms with Crippen LogP contribution in [0.5, 0.6) is 11.5 Å². The molecular formula is C36H36N2O3. The van der Waals surface area contributed by atoms with E-state index < -0.39 is 5.60 Å². The fourth-order valence-corrected chi connectivity index (χ4v) is 5.09. The molecule has 1 aliphatic carbocycles. The van der Waals surface area contributed by atoms with Gasteiger partial charge in [0, 0.05) is 36.4 Å². The molecule has 0 fully saturated rings. The number of anilines is 1. The molecule has 2 unspecified atom stereocenters. The summed E-state index contributed by atoms with van der Waals surface area (Å²) in [5.41, 5.74) is 4.29. The molecule has 0 saturated heterocycles. The van der Waals surface area contributed by atoms with Crippen LogP contribution in [-0.2, 0) is 0 Å². The molecule has 0 N–H and O–H groups in total. The number of benzene rings is 4. The first-order valence-electron chi connectivity index (χ1n) is 14.0. The summed E-state index contributed by atoms with van der Waals surface area (Å²) >= 11 is 0. The first-order chi connectivity index (χ1) is 20.0. The second-order valence-corrected chi connectivity index (χ2v) is 10.3. The summed E-state index contributed by atoms with van der Waals surface area (Å²) in [5, 5.41) is 13.1. The molecule has 0 aromatic heterocycles. The topological polar surface area (TPSA) is 44.8 Å². The number of ether oxygens (including phenoxy) is 1. The van der Waals surface area contributed by atoms with Crippen molar-refractivity contribution in [2.75, 3.05) is 5.23 Å². The van der Waals surface area contributed by atoms with Gasteiger partial charge in [0.15, 0.2) is 5.75 Å². The van der Waals surface area contributed by atoms with Crippen molar-refractivity contribution in [1.82, 2.24) is 4.48 Å². The van der Waals surface area contributed by atoms with E-state index in [0.717, 1.165) is 47.8 Å². The molecule has 4 aromatic carbocycles. The fourth-order valence-electron chi connectivity index (χ4n) is 5.09. The molecule has 41 heavy (non-hydrogen) atoms. The number of hydrogen-bond acceptors (Lipinski definition) is 4. The van der Waals surface area contributed by atoms with E-state index in [4.69, 9.17) is 9.57 Å². The summed E-state index contributed by atoms with van der Waals surface area (Å²) in [4.78, 5) is 5.63. The van der Waals surface area contributed by atoms with Gasteiger partial charge in [-0.05, 0) is 80.8 Å². The molecule has 4 aromatic rings. The highest BCUT2D eigenvalue weighted by Gasteiger charge is 2.40. The van der Waals surface area contributed by atoms with Crippen LogP contribution in [0, 0.1) is 5.21 Å². The van der Waals surface area contributed by atoms with E-state index in [1.165, 1.54) is 0 Å². The van der Waals surface area contributed by atoms with Gasteiger partial charge in [0.25, 0.3) is 0 Å². The smallest absolute Gasteiger partial charge is 0.154 e. The Morgan fingerprint density at radius 1 is 0.805 bits per heavy atom. The quantitative estimate of drug-likeness (QED) is 0.107. The third-order valence-electron chi connectivity index (χ3n) is 7.59. The second-order valence-electron chi connectivity index (χ2n) is 10.3. The Morgan fingerprint density at radius 3 is 1.90 bits per heavy atom. The monoisotopic (exact) mass is 544 g/mol. The lowest BCUT2D eigenvalue weighted by Crippen LogP contribution is -2.37. The normalized spacial score (nSPS) is 15.6. The van der Waals surface area contributed by atoms with Crippen LogP contribution in [-0.4, -0.2) is 5.60 Å². The minimum Gasteiger partial charge on any atom is -0.724 e. The first kappa shape index (κ1) is 28.0. The number of hydrogen-bond donors (Lipinski definition) is 0. The Balaban J connectivity index is 1.60. The van der Waals surface area contributed by atoms with E-state index in [1.54, 1.807) is 24.3 Å². The molecule has 208 valence electrons.